The molecule has 0 radical (unpaired) electrons. The predicted molar refractivity (Wildman–Crippen MR) is 85.4 cm³/mol. The molecule has 0 atom stereocenters. The standard InChI is InChI=1S/C14H13BrCl2N2O/c1-2-20-8-7-11-18-13(16)12(14(17)19-11)9-3-5-10(15)6-4-9/h3-6H,2,7-8H2,1H3. The fourth-order valence-corrected chi connectivity index (χ4v) is 2.63. The third kappa shape index (κ3) is 3.92. The van der Waals surface area contributed by atoms with Crippen molar-refractivity contribution in [3.05, 3.63) is 44.9 Å². The summed E-state index contributed by atoms with van der Waals surface area (Å²) in [7, 11) is 0. The molecular weight excluding hydrogens is 363 g/mol. The lowest BCUT2D eigenvalue weighted by atomic mass is 10.1. The quantitative estimate of drug-likeness (QED) is 0.556. The Kier molecular flexibility index (Phi) is 5.78. The van der Waals surface area contributed by atoms with Gasteiger partial charge < -0.3 is 4.74 Å². The number of rotatable bonds is 5. The number of benzene rings is 1. The molecule has 0 aliphatic heterocycles. The Morgan fingerprint density at radius 2 is 1.70 bits per heavy atom. The molecule has 0 fully saturated rings. The Hall–Kier alpha value is -0.680. The summed E-state index contributed by atoms with van der Waals surface area (Å²) < 4.78 is 6.26. The van der Waals surface area contributed by atoms with Crippen LogP contribution < -0.4 is 0 Å². The van der Waals surface area contributed by atoms with Crippen LogP contribution in [0.4, 0.5) is 0 Å². The minimum atomic E-state index is 0.360. The molecule has 0 saturated carbocycles. The molecule has 3 nitrogen and oxygen atoms in total. The minimum absolute atomic E-state index is 0.360. The van der Waals surface area contributed by atoms with Gasteiger partial charge in [-0.3, -0.25) is 0 Å². The number of halogens is 3. The zero-order valence-electron chi connectivity index (χ0n) is 10.9. The lowest BCUT2D eigenvalue weighted by molar-refractivity contribution is 0.149. The summed E-state index contributed by atoms with van der Waals surface area (Å²) in [6.45, 7) is 3.16. The van der Waals surface area contributed by atoms with Gasteiger partial charge in [0.25, 0.3) is 0 Å². The van der Waals surface area contributed by atoms with Crippen molar-refractivity contribution in [1.82, 2.24) is 9.97 Å². The normalized spacial score (nSPS) is 10.8. The highest BCUT2D eigenvalue weighted by Gasteiger charge is 2.13. The number of hydrogen-bond donors (Lipinski definition) is 0. The molecule has 0 unspecified atom stereocenters. The van der Waals surface area contributed by atoms with E-state index in [1.54, 1.807) is 0 Å². The molecule has 1 aromatic carbocycles. The van der Waals surface area contributed by atoms with E-state index in [2.05, 4.69) is 25.9 Å². The SMILES string of the molecule is CCOCCc1nc(Cl)c(-c2ccc(Br)cc2)c(Cl)n1. The molecule has 1 heterocycles. The van der Waals surface area contributed by atoms with E-state index < -0.39 is 0 Å². The third-order valence-electron chi connectivity index (χ3n) is 2.67. The van der Waals surface area contributed by atoms with Gasteiger partial charge in [0.05, 0.1) is 12.2 Å². The maximum atomic E-state index is 6.23. The van der Waals surface area contributed by atoms with E-state index in [1.807, 2.05) is 31.2 Å². The summed E-state index contributed by atoms with van der Waals surface area (Å²) in [6.07, 6.45) is 0.591. The zero-order valence-corrected chi connectivity index (χ0v) is 14.0. The Bertz CT molecular complexity index is 567. The van der Waals surface area contributed by atoms with Crippen molar-refractivity contribution in [2.24, 2.45) is 0 Å². The van der Waals surface area contributed by atoms with Gasteiger partial charge in [-0.25, -0.2) is 9.97 Å². The Morgan fingerprint density at radius 1 is 1.10 bits per heavy atom. The molecule has 0 amide bonds. The number of ether oxygens (including phenoxy) is 1. The Labute approximate surface area is 136 Å². The third-order valence-corrected chi connectivity index (χ3v) is 3.75. The lowest BCUT2D eigenvalue weighted by Gasteiger charge is -2.09. The van der Waals surface area contributed by atoms with Gasteiger partial charge in [-0.1, -0.05) is 51.3 Å². The second kappa shape index (κ2) is 7.36. The minimum Gasteiger partial charge on any atom is -0.381 e. The molecule has 2 aromatic rings. The predicted octanol–water partition coefficient (Wildman–Crippen LogP) is 4.79. The van der Waals surface area contributed by atoms with E-state index in [9.17, 15) is 0 Å². The van der Waals surface area contributed by atoms with E-state index >= 15 is 0 Å². The number of nitrogens with zero attached hydrogens (tertiary/aromatic N) is 2. The van der Waals surface area contributed by atoms with Crippen molar-refractivity contribution >= 4 is 39.1 Å². The summed E-state index contributed by atoms with van der Waals surface area (Å²) in [5.74, 6) is 0.592. The van der Waals surface area contributed by atoms with Crippen LogP contribution in [0.2, 0.25) is 10.3 Å². The van der Waals surface area contributed by atoms with Crippen LogP contribution in [0.5, 0.6) is 0 Å². The molecule has 0 N–H and O–H groups in total. The monoisotopic (exact) mass is 374 g/mol. The Balaban J connectivity index is 2.29. The first kappa shape index (κ1) is 15.7. The van der Waals surface area contributed by atoms with Crippen molar-refractivity contribution < 1.29 is 4.74 Å². The van der Waals surface area contributed by atoms with Gasteiger partial charge >= 0.3 is 0 Å². The Morgan fingerprint density at radius 3 is 2.25 bits per heavy atom. The molecule has 0 bridgehead atoms. The highest BCUT2D eigenvalue weighted by molar-refractivity contribution is 9.10. The van der Waals surface area contributed by atoms with E-state index in [4.69, 9.17) is 27.9 Å². The van der Waals surface area contributed by atoms with Crippen molar-refractivity contribution in [3.63, 3.8) is 0 Å². The van der Waals surface area contributed by atoms with Gasteiger partial charge in [-0.05, 0) is 24.6 Å². The van der Waals surface area contributed by atoms with Crippen molar-refractivity contribution in [2.75, 3.05) is 13.2 Å². The van der Waals surface area contributed by atoms with Crippen LogP contribution in [0, 0.1) is 0 Å². The summed E-state index contributed by atoms with van der Waals surface area (Å²) in [6, 6.07) is 7.68. The van der Waals surface area contributed by atoms with Crippen LogP contribution in [0.15, 0.2) is 28.7 Å². The average Bonchev–Trinajstić information content (AvgIpc) is 2.40. The van der Waals surface area contributed by atoms with Crippen LogP contribution in [-0.4, -0.2) is 23.2 Å². The van der Waals surface area contributed by atoms with Crippen LogP contribution in [0.25, 0.3) is 11.1 Å². The molecule has 1 aromatic heterocycles. The van der Waals surface area contributed by atoms with Gasteiger partial charge in [0, 0.05) is 17.5 Å². The first-order valence-electron chi connectivity index (χ1n) is 6.17. The van der Waals surface area contributed by atoms with E-state index in [1.165, 1.54) is 0 Å². The van der Waals surface area contributed by atoms with Crippen molar-refractivity contribution in [2.45, 2.75) is 13.3 Å². The van der Waals surface area contributed by atoms with E-state index in [-0.39, 0.29) is 0 Å². The van der Waals surface area contributed by atoms with Gasteiger partial charge in [-0.2, -0.15) is 0 Å². The van der Waals surface area contributed by atoms with Crippen molar-refractivity contribution in [3.8, 4) is 11.1 Å². The average molecular weight is 376 g/mol. The molecule has 0 aliphatic rings. The first-order chi connectivity index (χ1) is 9.61. The zero-order chi connectivity index (χ0) is 14.5. The molecule has 0 saturated heterocycles. The number of aromatic nitrogens is 2. The maximum absolute atomic E-state index is 6.23. The molecule has 106 valence electrons. The highest BCUT2D eigenvalue weighted by atomic mass is 79.9. The van der Waals surface area contributed by atoms with Crippen LogP contribution >= 0.6 is 39.1 Å². The highest BCUT2D eigenvalue weighted by Crippen LogP contribution is 2.33. The van der Waals surface area contributed by atoms with E-state index in [0.717, 1.165) is 10.0 Å². The maximum Gasteiger partial charge on any atom is 0.142 e. The fraction of sp³-hybridized carbons (Fsp3) is 0.286. The van der Waals surface area contributed by atoms with Gasteiger partial charge in [-0.15, -0.1) is 0 Å². The fourth-order valence-electron chi connectivity index (χ4n) is 1.72. The first-order valence-corrected chi connectivity index (χ1v) is 7.72. The van der Waals surface area contributed by atoms with Gasteiger partial charge in [0.1, 0.15) is 16.1 Å². The largest absolute Gasteiger partial charge is 0.381 e. The second-order valence-electron chi connectivity index (χ2n) is 4.05. The van der Waals surface area contributed by atoms with Gasteiger partial charge in [0.2, 0.25) is 0 Å². The van der Waals surface area contributed by atoms with Crippen LogP contribution in [0.3, 0.4) is 0 Å². The smallest absolute Gasteiger partial charge is 0.142 e. The second-order valence-corrected chi connectivity index (χ2v) is 5.68. The summed E-state index contributed by atoms with van der Waals surface area (Å²) >= 11 is 15.9. The topological polar surface area (TPSA) is 35.0 Å². The number of hydrogen-bond acceptors (Lipinski definition) is 3. The van der Waals surface area contributed by atoms with Gasteiger partial charge in [0.15, 0.2) is 0 Å². The van der Waals surface area contributed by atoms with Crippen LogP contribution in [0.1, 0.15) is 12.7 Å². The van der Waals surface area contributed by atoms with Crippen molar-refractivity contribution in [1.29, 1.82) is 0 Å². The molecule has 0 aliphatic carbocycles. The molecule has 20 heavy (non-hydrogen) atoms. The molecular formula is C14H13BrCl2N2O. The molecule has 0 spiro atoms. The lowest BCUT2D eigenvalue weighted by Crippen LogP contribution is -2.04. The summed E-state index contributed by atoms with van der Waals surface area (Å²) in [5.41, 5.74) is 1.54. The summed E-state index contributed by atoms with van der Waals surface area (Å²) in [5, 5.41) is 0.720. The molecule has 2 rings (SSSR count). The molecule has 6 heteroatoms. The van der Waals surface area contributed by atoms with Crippen LogP contribution in [-0.2, 0) is 11.2 Å². The van der Waals surface area contributed by atoms with E-state index in [0.29, 0.717) is 41.3 Å². The summed E-state index contributed by atoms with van der Waals surface area (Å²) in [4.78, 5) is 8.57.